The number of ether oxygens (including phenoxy) is 1. The van der Waals surface area contributed by atoms with E-state index in [1.54, 1.807) is 38.2 Å². The number of unbranched alkanes of at least 4 members (excludes halogenated alkanes) is 1. The number of carbonyl (C=O) groups excluding carboxylic acids is 9. The molecule has 9 rings (SSSR count). The van der Waals surface area contributed by atoms with E-state index in [0.717, 1.165) is 0 Å². The molecule has 2 aliphatic rings. The number of benzene rings is 4. The molecule has 1 saturated heterocycles. The monoisotopic (exact) mass is 1450 g/mol. The van der Waals surface area contributed by atoms with E-state index in [1.165, 1.54) is 116 Å². The van der Waals surface area contributed by atoms with Crippen molar-refractivity contribution in [2.45, 2.75) is 144 Å². The van der Waals surface area contributed by atoms with Crippen LogP contribution in [0, 0.1) is 17.5 Å². The molecule has 9 amide bonds. The van der Waals surface area contributed by atoms with Gasteiger partial charge in [-0.3, -0.25) is 47.9 Å². The third-order valence-corrected chi connectivity index (χ3v) is 20.0. The summed E-state index contributed by atoms with van der Waals surface area (Å²) >= 11 is 2.82. The highest BCUT2D eigenvalue weighted by atomic mass is 32.2. The minimum absolute atomic E-state index is 0.0261. The van der Waals surface area contributed by atoms with Crippen LogP contribution in [0.1, 0.15) is 92.4 Å². The number of nitrogens with one attached hydrogen (secondary N) is 12. The second kappa shape index (κ2) is 36.1. The summed E-state index contributed by atoms with van der Waals surface area (Å²) in [4.78, 5) is 159. The number of nitrogens with zero attached hydrogens (tertiary/aromatic N) is 2. The average molecular weight is 1450 g/mol. The second-order valence-electron chi connectivity index (χ2n) is 25.5. The summed E-state index contributed by atoms with van der Waals surface area (Å²) in [6, 6.07) is 8.03. The lowest BCUT2D eigenvalue weighted by Crippen LogP contribution is -2.62. The molecule has 4 aromatic carbocycles. The predicted octanol–water partition coefficient (Wildman–Crippen LogP) is 4.41. The van der Waals surface area contributed by atoms with E-state index in [-0.39, 0.29) is 68.4 Å². The van der Waals surface area contributed by atoms with Crippen LogP contribution < -0.4 is 52.6 Å². The van der Waals surface area contributed by atoms with Crippen LogP contribution in [0.2, 0.25) is 0 Å². The van der Waals surface area contributed by atoms with E-state index in [4.69, 9.17) is 4.74 Å². The van der Waals surface area contributed by atoms with Gasteiger partial charge < -0.3 is 77.5 Å². The van der Waals surface area contributed by atoms with E-state index < -0.39 is 137 Å². The minimum Gasteiger partial charge on any atom is -0.497 e. The zero-order valence-corrected chi connectivity index (χ0v) is 58.5. The van der Waals surface area contributed by atoms with Crippen LogP contribution >= 0.6 is 23.5 Å². The maximum absolute atomic E-state index is 15.2. The molecule has 26 nitrogen and oxygen atoms in total. The Bertz CT molecular complexity index is 4140. The molecule has 0 aliphatic carbocycles. The van der Waals surface area contributed by atoms with Crippen molar-refractivity contribution in [3.05, 3.63) is 155 Å². The molecule has 0 spiro atoms. The van der Waals surface area contributed by atoms with Crippen LogP contribution in [0.4, 0.5) is 13.2 Å². The summed E-state index contributed by atoms with van der Waals surface area (Å²) in [5.41, 5.74) is 1.95. The smallest absolute Gasteiger partial charge is 0.305 e. The summed E-state index contributed by atoms with van der Waals surface area (Å²) in [7, 11) is 3.25. The minimum atomic E-state index is -2.02. The van der Waals surface area contributed by atoms with E-state index in [2.05, 4.69) is 67.8 Å². The van der Waals surface area contributed by atoms with E-state index in [0.29, 0.717) is 93.2 Å². The number of imidazole rings is 1. The Balaban J connectivity index is 1.06. The highest BCUT2D eigenvalue weighted by Gasteiger charge is 2.48. The van der Waals surface area contributed by atoms with Crippen molar-refractivity contribution in [2.24, 2.45) is 0 Å². The summed E-state index contributed by atoms with van der Waals surface area (Å²) in [5, 5.41) is 35.6. The van der Waals surface area contributed by atoms with Gasteiger partial charge in [-0.05, 0) is 148 Å². The summed E-state index contributed by atoms with van der Waals surface area (Å²) < 4.78 is 50.4. The third kappa shape index (κ3) is 20.9. The molecule has 102 heavy (non-hydrogen) atoms. The molecule has 0 unspecified atom stereocenters. The van der Waals surface area contributed by atoms with Gasteiger partial charge in [0.15, 0.2) is 0 Å². The number of hydrogen-bond acceptors (Lipinski definition) is 15. The normalized spacial score (nSPS) is 22.6. The van der Waals surface area contributed by atoms with Crippen molar-refractivity contribution in [3.63, 3.8) is 0 Å². The number of fused-ring (bicyclic) bond motifs is 5. The molecule has 2 aliphatic heterocycles. The van der Waals surface area contributed by atoms with Gasteiger partial charge in [-0.25, -0.2) is 18.2 Å². The highest BCUT2D eigenvalue weighted by Crippen LogP contribution is 2.32. The molecular formula is C71H85F3N14O12S2. The first-order chi connectivity index (χ1) is 49.0. The van der Waals surface area contributed by atoms with Gasteiger partial charge in [0, 0.05) is 115 Å². The van der Waals surface area contributed by atoms with Crippen LogP contribution in [-0.2, 0) is 85.1 Å². The standard InChI is InChI=1S/C71H85F3N14O12S2/c1-40-63(92)83-55(30-44-36-79-52-15-11-46(72)32-50(44)52)65(94)84-56(31-45-37-80-53-16-12-47(73)33-51(45)53)66(95)86-58(35-62(90)91)68(97)85-57(34-60-76-20-21-77-60)67(96)87-59(29-41-9-13-49(100-4)14-10-41)69(98)88-23-7-18-71(88,2)70(99)78-22-25-102-39-43-26-42(27-48(74)28-43)38-101-24-17-61(89)82-54(64(93)81-40)8-5-6-19-75-3/h9-16,20-21,26-28,32-33,36-37,40,54-59,75,79-80H,5-8,17-19,22-25,29-31,34-35,38-39H2,1-4H3,(H,76,77)(H,78,99)(H,81,93)(H,82,89)(H,83,92)(H,84,94)(H,85,97)(H,86,95)(H,87,96)(H,90,91)/t40-,54+,55+,56+,57+,58+,59+,71+/m1/s1. The number of thioether (sulfide) groups is 2. The van der Waals surface area contributed by atoms with Crippen molar-refractivity contribution in [1.29, 1.82) is 0 Å². The maximum Gasteiger partial charge on any atom is 0.305 e. The van der Waals surface area contributed by atoms with Crippen molar-refractivity contribution < 1.29 is 71.0 Å². The van der Waals surface area contributed by atoms with Gasteiger partial charge in [0.1, 0.15) is 76.9 Å². The van der Waals surface area contributed by atoms with Crippen LogP contribution in [0.5, 0.6) is 5.75 Å². The Labute approximate surface area is 594 Å². The highest BCUT2D eigenvalue weighted by molar-refractivity contribution is 7.98. The van der Waals surface area contributed by atoms with Crippen molar-refractivity contribution in [1.82, 2.24) is 72.7 Å². The van der Waals surface area contributed by atoms with Crippen molar-refractivity contribution in [2.75, 3.05) is 45.3 Å². The fourth-order valence-corrected chi connectivity index (χ4v) is 14.1. The van der Waals surface area contributed by atoms with Crippen molar-refractivity contribution in [3.8, 4) is 5.75 Å². The van der Waals surface area contributed by atoms with Gasteiger partial charge in [-0.2, -0.15) is 23.5 Å². The van der Waals surface area contributed by atoms with Gasteiger partial charge in [0.2, 0.25) is 53.2 Å². The number of carboxylic acids is 1. The lowest BCUT2D eigenvalue weighted by Gasteiger charge is -2.36. The van der Waals surface area contributed by atoms with E-state index >= 15 is 28.0 Å². The van der Waals surface area contributed by atoms with Crippen LogP contribution in [0.25, 0.3) is 21.8 Å². The number of carbonyl (C=O) groups is 10. The fraction of sp³-hybridized carbons (Fsp3) is 0.423. The lowest BCUT2D eigenvalue weighted by atomic mass is 9.95. The van der Waals surface area contributed by atoms with Gasteiger partial charge in [0.05, 0.1) is 13.5 Å². The molecule has 0 radical (unpaired) electrons. The summed E-state index contributed by atoms with van der Waals surface area (Å²) in [6.07, 6.45) is 5.24. The molecule has 544 valence electrons. The maximum atomic E-state index is 15.2. The summed E-state index contributed by atoms with van der Waals surface area (Å²) in [5.74, 6) is -8.86. The number of hydrogen-bond donors (Lipinski definition) is 13. The molecule has 1 fully saturated rings. The lowest BCUT2D eigenvalue weighted by molar-refractivity contribution is -0.146. The molecule has 31 heteroatoms. The van der Waals surface area contributed by atoms with Crippen LogP contribution in [-0.4, -0.2) is 182 Å². The van der Waals surface area contributed by atoms with E-state index in [1.807, 2.05) is 6.07 Å². The van der Waals surface area contributed by atoms with Gasteiger partial charge in [0.25, 0.3) is 0 Å². The number of aromatic nitrogens is 4. The zero-order valence-electron chi connectivity index (χ0n) is 56.9. The first-order valence-corrected chi connectivity index (χ1v) is 35.9. The topological polar surface area (TPSA) is 372 Å². The predicted molar refractivity (Wildman–Crippen MR) is 378 cm³/mol. The molecular weight excluding hydrogens is 1360 g/mol. The van der Waals surface area contributed by atoms with Crippen molar-refractivity contribution >= 4 is 104 Å². The molecule has 2 bridgehead atoms. The molecule has 5 heterocycles. The first kappa shape index (κ1) is 76.3. The number of aromatic amines is 3. The quantitative estimate of drug-likeness (QED) is 0.0596. The van der Waals surface area contributed by atoms with Gasteiger partial charge in [-0.1, -0.05) is 18.2 Å². The zero-order chi connectivity index (χ0) is 73.0. The van der Waals surface area contributed by atoms with E-state index in [9.17, 15) is 38.3 Å². The Kier molecular flexibility index (Phi) is 27.0. The SMILES string of the molecule is CNCCCC[C@@H]1NC(=O)CCSCc2cc(F)cc(c2)CSCCNC(=O)[C@]2(C)CCCN2C(=O)[C@H](Cc2ccc(OC)cc2)NC(=O)[C@H](Cc2ncc[nH]2)NC(=O)[C@H](CC(=O)O)NC(=O)[C@H](Cc2c[nH]c3ccc(F)cc23)NC(=O)[C@H](Cc2c[nH]c3ccc(F)cc23)NC(=O)[C@@H](C)NC1=O. The molecule has 0 saturated carbocycles. The van der Waals surface area contributed by atoms with Gasteiger partial charge >= 0.3 is 5.97 Å². The molecule has 8 atom stereocenters. The Morgan fingerprint density at radius 3 is 1.80 bits per heavy atom. The number of rotatable bonds is 16. The largest absolute Gasteiger partial charge is 0.497 e. The molecule has 3 aromatic heterocycles. The Morgan fingerprint density at radius 1 is 0.647 bits per heavy atom. The number of methoxy groups -OCH3 is 1. The van der Waals surface area contributed by atoms with Crippen LogP contribution in [0.3, 0.4) is 0 Å². The number of aliphatic carboxylic acids is 1. The Morgan fingerprint density at radius 2 is 1.22 bits per heavy atom. The third-order valence-electron chi connectivity index (χ3n) is 17.9. The average Bonchev–Trinajstić information content (AvgIpc) is 1.62. The van der Waals surface area contributed by atoms with Gasteiger partial charge in [-0.15, -0.1) is 0 Å². The number of carboxylic acid groups (broad SMARTS) is 1. The number of amides is 9. The molecule has 13 N–H and O–H groups in total. The summed E-state index contributed by atoms with van der Waals surface area (Å²) in [6.45, 7) is 3.88. The Hall–Kier alpha value is -9.88. The number of halogens is 3. The number of H-pyrrole nitrogens is 3. The van der Waals surface area contributed by atoms with Crippen LogP contribution in [0.15, 0.2) is 104 Å². The fourth-order valence-electron chi connectivity index (χ4n) is 12.4. The first-order valence-electron chi connectivity index (χ1n) is 33.6. The molecule has 7 aromatic rings. The second-order valence-corrected chi connectivity index (χ2v) is 27.7.